The number of fused-ring (bicyclic) bond motifs is 1. The van der Waals surface area contributed by atoms with E-state index in [1.54, 1.807) is 36.5 Å². The Kier molecular flexibility index (Phi) is 6.04. The summed E-state index contributed by atoms with van der Waals surface area (Å²) in [5, 5.41) is 15.7. The van der Waals surface area contributed by atoms with E-state index in [4.69, 9.17) is 4.74 Å². The van der Waals surface area contributed by atoms with Crippen molar-refractivity contribution in [2.75, 3.05) is 0 Å². The summed E-state index contributed by atoms with van der Waals surface area (Å²) in [6, 6.07) is 20.0. The van der Waals surface area contributed by atoms with Gasteiger partial charge in [0.1, 0.15) is 6.61 Å². The number of hydrogen-bond donors (Lipinski definition) is 3. The molecule has 0 bridgehead atoms. The zero-order valence-electron chi connectivity index (χ0n) is 16.4. The summed E-state index contributed by atoms with van der Waals surface area (Å²) in [6.07, 6.45) is 1.57. The largest absolute Gasteiger partial charge is 0.504 e. The molecule has 3 aromatic carbocycles. The molecule has 4 rings (SSSR count). The number of nitrogens with one attached hydrogen (secondary N) is 2. The fourth-order valence-electron chi connectivity index (χ4n) is 3.24. The van der Waals surface area contributed by atoms with Crippen LogP contribution in [-0.4, -0.2) is 16.9 Å². The van der Waals surface area contributed by atoms with Crippen molar-refractivity contribution in [2.24, 2.45) is 0 Å². The number of carbonyl (C=O) groups excluding carboxylic acids is 2. The topological polar surface area (TPSA) is 87.7 Å². The van der Waals surface area contributed by atoms with E-state index in [2.05, 4.69) is 26.6 Å². The minimum absolute atomic E-state index is 0.0400. The van der Waals surface area contributed by atoms with Crippen molar-refractivity contribution in [3.05, 3.63) is 99.7 Å². The Labute approximate surface area is 187 Å². The fourth-order valence-corrected chi connectivity index (χ4v) is 3.60. The Balaban J connectivity index is 1.44. The number of amides is 2. The molecule has 0 saturated heterocycles. The number of hydrogen-bond acceptors (Lipinski definition) is 5. The van der Waals surface area contributed by atoms with Crippen LogP contribution in [0.25, 0.3) is 5.57 Å². The number of aromatic hydroxyl groups is 1. The Morgan fingerprint density at radius 1 is 0.935 bits per heavy atom. The van der Waals surface area contributed by atoms with Gasteiger partial charge >= 0.3 is 0 Å². The highest BCUT2D eigenvalue weighted by molar-refractivity contribution is 9.10. The first-order valence-electron chi connectivity index (χ1n) is 9.59. The van der Waals surface area contributed by atoms with E-state index in [9.17, 15) is 14.7 Å². The first-order valence-corrected chi connectivity index (χ1v) is 10.4. The van der Waals surface area contributed by atoms with Crippen LogP contribution in [0.15, 0.2) is 77.4 Å². The summed E-state index contributed by atoms with van der Waals surface area (Å²) in [4.78, 5) is 24.3. The number of benzene rings is 3. The van der Waals surface area contributed by atoms with Gasteiger partial charge in [-0.05, 0) is 41.5 Å². The quantitative estimate of drug-likeness (QED) is 0.366. The van der Waals surface area contributed by atoms with Crippen LogP contribution in [-0.2, 0) is 17.9 Å². The van der Waals surface area contributed by atoms with Gasteiger partial charge in [0, 0.05) is 28.3 Å². The monoisotopic (exact) mass is 478 g/mol. The molecule has 6 nitrogen and oxygen atoms in total. The predicted molar refractivity (Wildman–Crippen MR) is 120 cm³/mol. The first kappa shape index (κ1) is 20.7. The Hall–Kier alpha value is -3.58. The molecule has 2 amide bonds. The van der Waals surface area contributed by atoms with Crippen LogP contribution < -0.4 is 15.4 Å². The molecule has 3 N–H and O–H groups in total. The summed E-state index contributed by atoms with van der Waals surface area (Å²) in [5.74, 6) is -0.440. The maximum atomic E-state index is 12.3. The molecule has 0 aromatic heterocycles. The van der Waals surface area contributed by atoms with Gasteiger partial charge in [-0.1, -0.05) is 52.3 Å². The van der Waals surface area contributed by atoms with Gasteiger partial charge in [0.05, 0.1) is 5.57 Å². The Morgan fingerprint density at radius 2 is 1.74 bits per heavy atom. The van der Waals surface area contributed by atoms with E-state index in [0.29, 0.717) is 35.6 Å². The van der Waals surface area contributed by atoms with E-state index >= 15 is 0 Å². The SMILES string of the molecule is O=C1NC(=O)c2ccc(Br)cc2C1=CNCc1ccc(OCc2ccccc2)c(O)c1. The maximum absolute atomic E-state index is 12.3. The number of phenolic OH excluding ortho intramolecular Hbond substituents is 1. The van der Waals surface area contributed by atoms with E-state index in [-0.39, 0.29) is 5.75 Å². The minimum Gasteiger partial charge on any atom is -0.504 e. The molecular formula is C24H19BrN2O4. The molecule has 1 aliphatic rings. The number of phenols is 1. The molecular weight excluding hydrogens is 460 g/mol. The van der Waals surface area contributed by atoms with Crippen LogP contribution in [0, 0.1) is 0 Å². The summed E-state index contributed by atoms with van der Waals surface area (Å²) >= 11 is 3.37. The average Bonchev–Trinajstić information content (AvgIpc) is 2.76. The standard InChI is InChI=1S/C24H19BrN2O4/c25-17-7-8-18-19(11-17)20(24(30)27-23(18)29)13-26-12-16-6-9-22(21(28)10-16)31-14-15-4-2-1-3-5-15/h1-11,13,26,28H,12,14H2,(H,27,29,30). The molecule has 1 aliphatic heterocycles. The van der Waals surface area contributed by atoms with Gasteiger partial charge in [-0.15, -0.1) is 0 Å². The molecule has 0 saturated carbocycles. The van der Waals surface area contributed by atoms with Crippen molar-refractivity contribution in [3.8, 4) is 11.5 Å². The fraction of sp³-hybridized carbons (Fsp3) is 0.0833. The van der Waals surface area contributed by atoms with Gasteiger partial charge in [0.15, 0.2) is 11.5 Å². The van der Waals surface area contributed by atoms with Crippen LogP contribution in [0.3, 0.4) is 0 Å². The molecule has 31 heavy (non-hydrogen) atoms. The Bertz CT molecular complexity index is 1180. The van der Waals surface area contributed by atoms with Gasteiger partial charge in [0.2, 0.25) is 0 Å². The number of halogens is 1. The van der Waals surface area contributed by atoms with Crippen molar-refractivity contribution in [3.63, 3.8) is 0 Å². The molecule has 7 heteroatoms. The lowest BCUT2D eigenvalue weighted by molar-refractivity contribution is -0.114. The van der Waals surface area contributed by atoms with Gasteiger partial charge < -0.3 is 15.2 Å². The molecule has 0 unspecified atom stereocenters. The minimum atomic E-state index is -0.462. The third-order valence-electron chi connectivity index (χ3n) is 4.80. The predicted octanol–water partition coefficient (Wildman–Crippen LogP) is 4.13. The van der Waals surface area contributed by atoms with Gasteiger partial charge in [-0.3, -0.25) is 14.9 Å². The van der Waals surface area contributed by atoms with Crippen LogP contribution in [0.1, 0.15) is 27.0 Å². The molecule has 0 radical (unpaired) electrons. The highest BCUT2D eigenvalue weighted by Crippen LogP contribution is 2.29. The van der Waals surface area contributed by atoms with Crippen molar-refractivity contribution in [1.29, 1.82) is 0 Å². The molecule has 3 aromatic rings. The molecule has 0 aliphatic carbocycles. The molecule has 0 atom stereocenters. The second-order valence-electron chi connectivity index (χ2n) is 6.99. The first-order chi connectivity index (χ1) is 15.0. The number of ether oxygens (including phenoxy) is 1. The molecule has 0 spiro atoms. The van der Waals surface area contributed by atoms with Crippen LogP contribution in [0.4, 0.5) is 0 Å². The van der Waals surface area contributed by atoms with E-state index in [1.165, 1.54) is 0 Å². The summed E-state index contributed by atoms with van der Waals surface area (Å²) in [5.41, 5.74) is 3.18. The number of imide groups is 1. The summed E-state index contributed by atoms with van der Waals surface area (Å²) in [6.45, 7) is 0.738. The number of rotatable bonds is 6. The number of carbonyl (C=O) groups is 2. The lowest BCUT2D eigenvalue weighted by Gasteiger charge is -2.18. The van der Waals surface area contributed by atoms with E-state index < -0.39 is 11.8 Å². The highest BCUT2D eigenvalue weighted by Gasteiger charge is 2.27. The van der Waals surface area contributed by atoms with Crippen LogP contribution in [0.2, 0.25) is 0 Å². The molecule has 0 fully saturated rings. The zero-order chi connectivity index (χ0) is 21.8. The van der Waals surface area contributed by atoms with Crippen LogP contribution in [0.5, 0.6) is 11.5 Å². The lowest BCUT2D eigenvalue weighted by Crippen LogP contribution is -2.37. The zero-order valence-corrected chi connectivity index (χ0v) is 18.0. The van der Waals surface area contributed by atoms with Crippen LogP contribution >= 0.6 is 15.9 Å². The maximum Gasteiger partial charge on any atom is 0.260 e. The second kappa shape index (κ2) is 9.06. The third-order valence-corrected chi connectivity index (χ3v) is 5.29. The summed E-state index contributed by atoms with van der Waals surface area (Å²) < 4.78 is 6.45. The lowest BCUT2D eigenvalue weighted by atomic mass is 9.95. The van der Waals surface area contributed by atoms with Crippen molar-refractivity contribution >= 4 is 33.3 Å². The van der Waals surface area contributed by atoms with E-state index in [0.717, 1.165) is 15.6 Å². The molecule has 156 valence electrons. The van der Waals surface area contributed by atoms with Gasteiger partial charge in [-0.2, -0.15) is 0 Å². The van der Waals surface area contributed by atoms with E-state index in [1.807, 2.05) is 36.4 Å². The normalized spacial score (nSPS) is 14.2. The van der Waals surface area contributed by atoms with Gasteiger partial charge in [-0.25, -0.2) is 0 Å². The molecule has 1 heterocycles. The smallest absolute Gasteiger partial charge is 0.260 e. The van der Waals surface area contributed by atoms with Crippen molar-refractivity contribution in [1.82, 2.24) is 10.6 Å². The van der Waals surface area contributed by atoms with Crippen molar-refractivity contribution < 1.29 is 19.4 Å². The average molecular weight is 479 g/mol. The van der Waals surface area contributed by atoms with Gasteiger partial charge in [0.25, 0.3) is 11.8 Å². The Morgan fingerprint density at radius 3 is 2.52 bits per heavy atom. The second-order valence-corrected chi connectivity index (χ2v) is 7.90. The summed E-state index contributed by atoms with van der Waals surface area (Å²) in [7, 11) is 0. The highest BCUT2D eigenvalue weighted by atomic mass is 79.9. The third kappa shape index (κ3) is 4.78. The van der Waals surface area contributed by atoms with Crippen molar-refractivity contribution in [2.45, 2.75) is 13.2 Å².